The molecule has 18 heavy (non-hydrogen) atoms. The summed E-state index contributed by atoms with van der Waals surface area (Å²) in [5, 5.41) is 3.98. The fourth-order valence-electron chi connectivity index (χ4n) is 1.83. The minimum absolute atomic E-state index is 0.532. The van der Waals surface area contributed by atoms with Gasteiger partial charge in [0, 0.05) is 22.1 Å². The van der Waals surface area contributed by atoms with Crippen LogP contribution in [-0.4, -0.2) is 18.5 Å². The molecule has 0 aromatic heterocycles. The Morgan fingerprint density at radius 3 is 2.89 bits per heavy atom. The quantitative estimate of drug-likeness (QED) is 0.658. The molecule has 0 atom stereocenters. The van der Waals surface area contributed by atoms with Crippen molar-refractivity contribution in [2.45, 2.75) is 31.7 Å². The van der Waals surface area contributed by atoms with Crippen LogP contribution in [0, 0.1) is 0 Å². The molecule has 1 aromatic rings. The molecule has 0 unspecified atom stereocenters. The molecule has 0 spiro atoms. The topological polar surface area (TPSA) is 50.4 Å². The van der Waals surface area contributed by atoms with Crippen molar-refractivity contribution >= 4 is 33.5 Å². The number of hydrogen-bond acceptors (Lipinski definition) is 1. The van der Waals surface area contributed by atoms with E-state index in [1.807, 2.05) is 18.2 Å². The van der Waals surface area contributed by atoms with E-state index in [0.29, 0.717) is 18.5 Å². The van der Waals surface area contributed by atoms with Crippen LogP contribution in [0.5, 0.6) is 0 Å². The molecule has 1 aromatic carbocycles. The largest absolute Gasteiger partial charge is 0.370 e. The first-order valence-electron chi connectivity index (χ1n) is 6.15. The van der Waals surface area contributed by atoms with Gasteiger partial charge >= 0.3 is 0 Å². The summed E-state index contributed by atoms with van der Waals surface area (Å²) in [5.74, 6) is 0.549. The van der Waals surface area contributed by atoms with Crippen LogP contribution in [0.3, 0.4) is 0 Å². The Labute approximate surface area is 121 Å². The van der Waals surface area contributed by atoms with Gasteiger partial charge in [0.1, 0.15) is 0 Å². The fraction of sp³-hybridized carbons (Fsp3) is 0.462. The van der Waals surface area contributed by atoms with Crippen molar-refractivity contribution < 1.29 is 0 Å². The smallest absolute Gasteiger partial charge is 0.188 e. The zero-order chi connectivity index (χ0) is 13.0. The Balaban J connectivity index is 1.81. The van der Waals surface area contributed by atoms with E-state index in [-0.39, 0.29) is 0 Å². The molecule has 0 heterocycles. The highest BCUT2D eigenvalue weighted by molar-refractivity contribution is 9.10. The molecule has 3 N–H and O–H groups in total. The molecule has 1 fully saturated rings. The van der Waals surface area contributed by atoms with Gasteiger partial charge in [-0.3, -0.25) is 4.99 Å². The van der Waals surface area contributed by atoms with Gasteiger partial charge in [0.05, 0.1) is 0 Å². The third-order valence-corrected chi connectivity index (χ3v) is 3.98. The highest BCUT2D eigenvalue weighted by atomic mass is 79.9. The molecule has 5 heteroatoms. The summed E-state index contributed by atoms with van der Waals surface area (Å²) in [4.78, 5) is 4.32. The van der Waals surface area contributed by atoms with Crippen molar-refractivity contribution in [2.75, 3.05) is 6.54 Å². The van der Waals surface area contributed by atoms with Crippen molar-refractivity contribution in [3.8, 4) is 0 Å². The zero-order valence-corrected chi connectivity index (χ0v) is 12.5. The van der Waals surface area contributed by atoms with Crippen LogP contribution in [0.1, 0.15) is 24.8 Å². The van der Waals surface area contributed by atoms with Crippen molar-refractivity contribution in [2.24, 2.45) is 10.7 Å². The molecule has 1 saturated carbocycles. The second kappa shape index (κ2) is 6.43. The summed E-state index contributed by atoms with van der Waals surface area (Å²) in [6.07, 6.45) is 4.50. The number of halogens is 2. The molecule has 0 aliphatic heterocycles. The van der Waals surface area contributed by atoms with Crippen molar-refractivity contribution in [1.29, 1.82) is 0 Å². The van der Waals surface area contributed by atoms with Gasteiger partial charge < -0.3 is 11.1 Å². The van der Waals surface area contributed by atoms with Gasteiger partial charge in [0.25, 0.3) is 0 Å². The van der Waals surface area contributed by atoms with Crippen LogP contribution >= 0.6 is 27.5 Å². The lowest BCUT2D eigenvalue weighted by atomic mass is 9.93. The van der Waals surface area contributed by atoms with Gasteiger partial charge in [-0.2, -0.15) is 0 Å². The molecule has 1 aliphatic carbocycles. The average Bonchev–Trinajstić information content (AvgIpc) is 2.27. The number of nitrogens with two attached hydrogens (primary N) is 1. The van der Waals surface area contributed by atoms with E-state index in [0.717, 1.165) is 21.5 Å². The lowest BCUT2D eigenvalue weighted by molar-refractivity contribution is 0.382. The number of hydrogen-bond donors (Lipinski definition) is 2. The summed E-state index contributed by atoms with van der Waals surface area (Å²) in [6.45, 7) is 0.660. The molecule has 0 bridgehead atoms. The maximum Gasteiger partial charge on any atom is 0.188 e. The first-order chi connectivity index (χ1) is 8.65. The van der Waals surface area contributed by atoms with Gasteiger partial charge in [0.15, 0.2) is 5.96 Å². The summed E-state index contributed by atoms with van der Waals surface area (Å²) in [6, 6.07) is 6.43. The molecule has 1 aliphatic rings. The molecule has 2 rings (SSSR count). The van der Waals surface area contributed by atoms with E-state index in [1.54, 1.807) is 0 Å². The second-order valence-corrected chi connectivity index (χ2v) is 5.85. The van der Waals surface area contributed by atoms with E-state index in [9.17, 15) is 0 Å². The van der Waals surface area contributed by atoms with Crippen molar-refractivity contribution in [1.82, 2.24) is 5.32 Å². The fourth-order valence-corrected chi connectivity index (χ4v) is 2.60. The predicted molar refractivity (Wildman–Crippen MR) is 80.1 cm³/mol. The summed E-state index contributed by atoms with van der Waals surface area (Å²) >= 11 is 9.52. The zero-order valence-electron chi connectivity index (χ0n) is 10.1. The SMILES string of the molecule is NC(=NCCc1ccc(Br)cc1Cl)NC1CCC1. The molecule has 0 radical (unpaired) electrons. The van der Waals surface area contributed by atoms with E-state index < -0.39 is 0 Å². The number of nitrogens with zero attached hydrogens (tertiary/aromatic N) is 1. The summed E-state index contributed by atoms with van der Waals surface area (Å²) < 4.78 is 0.992. The third kappa shape index (κ3) is 3.89. The predicted octanol–water partition coefficient (Wildman–Crippen LogP) is 3.10. The van der Waals surface area contributed by atoms with E-state index >= 15 is 0 Å². The Morgan fingerprint density at radius 2 is 2.28 bits per heavy atom. The van der Waals surface area contributed by atoms with Gasteiger partial charge in [-0.1, -0.05) is 33.6 Å². The molecule has 98 valence electrons. The monoisotopic (exact) mass is 329 g/mol. The number of nitrogens with one attached hydrogen (secondary N) is 1. The Bertz CT molecular complexity index is 444. The highest BCUT2D eigenvalue weighted by Gasteiger charge is 2.16. The van der Waals surface area contributed by atoms with Crippen LogP contribution in [0.15, 0.2) is 27.7 Å². The van der Waals surface area contributed by atoms with Crippen LogP contribution in [0.2, 0.25) is 5.02 Å². The van der Waals surface area contributed by atoms with E-state index in [2.05, 4.69) is 26.2 Å². The van der Waals surface area contributed by atoms with Crippen LogP contribution in [-0.2, 0) is 6.42 Å². The lowest BCUT2D eigenvalue weighted by Crippen LogP contribution is -2.43. The molecular formula is C13H17BrClN3. The maximum atomic E-state index is 6.14. The number of benzene rings is 1. The normalized spacial score (nSPS) is 16.4. The molecule has 0 amide bonds. The second-order valence-electron chi connectivity index (χ2n) is 4.52. The van der Waals surface area contributed by atoms with Crippen molar-refractivity contribution in [3.05, 3.63) is 33.3 Å². The summed E-state index contributed by atoms with van der Waals surface area (Å²) in [5.41, 5.74) is 6.91. The minimum Gasteiger partial charge on any atom is -0.370 e. The Kier molecular flexibility index (Phi) is 4.89. The van der Waals surface area contributed by atoms with Gasteiger partial charge in [-0.15, -0.1) is 0 Å². The molecule has 0 saturated heterocycles. The molecular weight excluding hydrogens is 314 g/mol. The number of aliphatic imine (C=N–C) groups is 1. The average molecular weight is 331 g/mol. The van der Waals surface area contributed by atoms with E-state index in [1.165, 1.54) is 19.3 Å². The summed E-state index contributed by atoms with van der Waals surface area (Å²) in [7, 11) is 0. The number of rotatable bonds is 4. The van der Waals surface area contributed by atoms with Crippen LogP contribution < -0.4 is 11.1 Å². The minimum atomic E-state index is 0.532. The third-order valence-electron chi connectivity index (χ3n) is 3.14. The van der Waals surface area contributed by atoms with Gasteiger partial charge in [0.2, 0.25) is 0 Å². The first kappa shape index (κ1) is 13.7. The Hall–Kier alpha value is -0.740. The lowest BCUT2D eigenvalue weighted by Gasteiger charge is -2.26. The maximum absolute atomic E-state index is 6.14. The van der Waals surface area contributed by atoms with E-state index in [4.69, 9.17) is 17.3 Å². The van der Waals surface area contributed by atoms with Crippen molar-refractivity contribution in [3.63, 3.8) is 0 Å². The van der Waals surface area contributed by atoms with Gasteiger partial charge in [-0.25, -0.2) is 0 Å². The standard InChI is InChI=1S/C13H17BrClN3/c14-10-5-4-9(12(15)8-10)6-7-17-13(16)18-11-2-1-3-11/h4-5,8,11H,1-3,6-7H2,(H3,16,17,18). The van der Waals surface area contributed by atoms with Crippen LogP contribution in [0.25, 0.3) is 0 Å². The Morgan fingerprint density at radius 1 is 1.50 bits per heavy atom. The highest BCUT2D eigenvalue weighted by Crippen LogP contribution is 2.21. The molecule has 3 nitrogen and oxygen atoms in total. The first-order valence-corrected chi connectivity index (χ1v) is 7.32. The number of guanidine groups is 1. The van der Waals surface area contributed by atoms with Crippen LogP contribution in [0.4, 0.5) is 0 Å². The van der Waals surface area contributed by atoms with Gasteiger partial charge in [-0.05, 0) is 43.4 Å².